The van der Waals surface area contributed by atoms with E-state index < -0.39 is 12.6 Å². The van der Waals surface area contributed by atoms with E-state index in [1.165, 1.54) is 0 Å². The van der Waals surface area contributed by atoms with Crippen molar-refractivity contribution in [2.45, 2.75) is 32.0 Å². The molecule has 19 heavy (non-hydrogen) atoms. The Kier molecular flexibility index (Phi) is 4.42. The minimum absolute atomic E-state index is 0.173. The lowest BCUT2D eigenvalue weighted by molar-refractivity contribution is -0.135. The van der Waals surface area contributed by atoms with Crippen LogP contribution in [0.2, 0.25) is 0 Å². The van der Waals surface area contributed by atoms with Crippen LogP contribution >= 0.6 is 0 Å². The van der Waals surface area contributed by atoms with Gasteiger partial charge in [0.15, 0.2) is 0 Å². The average Bonchev–Trinajstić information content (AvgIpc) is 2.76. The molecule has 0 bridgehead atoms. The molecule has 0 atom stereocenters. The van der Waals surface area contributed by atoms with Crippen molar-refractivity contribution in [3.8, 4) is 0 Å². The molecule has 0 aliphatic heterocycles. The van der Waals surface area contributed by atoms with Crippen molar-refractivity contribution in [2.24, 2.45) is 0 Å². The number of hydrogen-bond donors (Lipinski definition) is 2. The molecule has 0 spiro atoms. The van der Waals surface area contributed by atoms with Gasteiger partial charge in [0.1, 0.15) is 5.65 Å². The van der Waals surface area contributed by atoms with E-state index in [1.54, 1.807) is 6.20 Å². The normalized spacial score (nSPS) is 12.2. The molecule has 2 rings (SSSR count). The fraction of sp³-hybridized carbons (Fsp3) is 0.462. The first kappa shape index (κ1) is 13.9. The Morgan fingerprint density at radius 1 is 1.26 bits per heavy atom. The highest BCUT2D eigenvalue weighted by Gasteiger charge is 2.25. The molecule has 6 heteroatoms. The van der Waals surface area contributed by atoms with E-state index in [0.29, 0.717) is 19.5 Å². The molecule has 3 nitrogen and oxygen atoms in total. The Hall–Kier alpha value is -1.56. The zero-order chi connectivity index (χ0) is 13.7. The van der Waals surface area contributed by atoms with Crippen molar-refractivity contribution in [1.29, 1.82) is 0 Å². The smallest absolute Gasteiger partial charge is 0.346 e. The van der Waals surface area contributed by atoms with Crippen LogP contribution in [0.5, 0.6) is 0 Å². The third-order valence-corrected chi connectivity index (χ3v) is 2.92. The van der Waals surface area contributed by atoms with Crippen LogP contribution in [0.3, 0.4) is 0 Å². The van der Waals surface area contributed by atoms with Gasteiger partial charge in [-0.05, 0) is 37.1 Å². The molecule has 2 N–H and O–H groups in total. The number of halogens is 3. The number of nitrogens with zero attached hydrogens (tertiary/aromatic N) is 1. The van der Waals surface area contributed by atoms with E-state index in [2.05, 4.69) is 15.3 Å². The minimum Gasteiger partial charge on any atom is -0.346 e. The van der Waals surface area contributed by atoms with Crippen LogP contribution in [-0.2, 0) is 6.54 Å². The topological polar surface area (TPSA) is 40.7 Å². The van der Waals surface area contributed by atoms with Crippen LogP contribution in [-0.4, -0.2) is 22.7 Å². The molecule has 0 saturated carbocycles. The number of H-pyrrole nitrogens is 1. The zero-order valence-electron chi connectivity index (χ0n) is 10.4. The number of aromatic nitrogens is 2. The number of pyridine rings is 1. The standard InChI is InChI=1S/C13H16F3N3/c14-13(15,16)5-1-2-6-17-8-10-9-19-12-11(10)4-3-7-18-12/h3-4,7,9,17H,1-2,5-6,8H2,(H,18,19). The predicted octanol–water partition coefficient (Wildman–Crippen LogP) is 3.39. The molecule has 0 aliphatic rings. The maximum absolute atomic E-state index is 11.9. The Labute approximate surface area is 109 Å². The molecular weight excluding hydrogens is 255 g/mol. The Balaban J connectivity index is 1.71. The van der Waals surface area contributed by atoms with Crippen LogP contribution in [0, 0.1) is 0 Å². The summed E-state index contributed by atoms with van der Waals surface area (Å²) in [5.74, 6) is 0. The van der Waals surface area contributed by atoms with E-state index in [1.807, 2.05) is 18.3 Å². The number of nitrogens with one attached hydrogen (secondary N) is 2. The molecule has 0 aliphatic carbocycles. The molecule has 0 aromatic carbocycles. The fourth-order valence-corrected chi connectivity index (χ4v) is 1.96. The van der Waals surface area contributed by atoms with Gasteiger partial charge in [-0.15, -0.1) is 0 Å². The third kappa shape index (κ3) is 4.24. The van der Waals surface area contributed by atoms with Gasteiger partial charge in [0, 0.05) is 30.7 Å². The van der Waals surface area contributed by atoms with Gasteiger partial charge in [0.2, 0.25) is 0 Å². The molecule has 0 fully saturated rings. The van der Waals surface area contributed by atoms with Crippen molar-refractivity contribution < 1.29 is 13.2 Å². The number of rotatable bonds is 6. The molecular formula is C13H16F3N3. The van der Waals surface area contributed by atoms with Crippen LogP contribution in [0.4, 0.5) is 13.2 Å². The summed E-state index contributed by atoms with van der Waals surface area (Å²) in [4.78, 5) is 7.24. The summed E-state index contributed by atoms with van der Waals surface area (Å²) in [5, 5.41) is 4.20. The number of alkyl halides is 3. The molecule has 2 aromatic rings. The van der Waals surface area contributed by atoms with Gasteiger partial charge in [-0.2, -0.15) is 13.2 Å². The Bertz CT molecular complexity index is 519. The van der Waals surface area contributed by atoms with Crippen molar-refractivity contribution >= 4 is 11.0 Å². The van der Waals surface area contributed by atoms with Crippen LogP contribution in [0.25, 0.3) is 11.0 Å². The first-order valence-electron chi connectivity index (χ1n) is 6.25. The summed E-state index contributed by atoms with van der Waals surface area (Å²) in [6.45, 7) is 1.22. The minimum atomic E-state index is -4.04. The fourth-order valence-electron chi connectivity index (χ4n) is 1.96. The third-order valence-electron chi connectivity index (χ3n) is 2.92. The molecule has 2 aromatic heterocycles. The lowest BCUT2D eigenvalue weighted by Crippen LogP contribution is -2.15. The molecule has 0 unspecified atom stereocenters. The number of hydrogen-bond acceptors (Lipinski definition) is 2. The van der Waals surface area contributed by atoms with Crippen LogP contribution < -0.4 is 5.32 Å². The van der Waals surface area contributed by atoms with Crippen LogP contribution in [0.1, 0.15) is 24.8 Å². The molecule has 0 saturated heterocycles. The van der Waals surface area contributed by atoms with Crippen molar-refractivity contribution in [3.05, 3.63) is 30.1 Å². The molecule has 0 radical (unpaired) electrons. The monoisotopic (exact) mass is 271 g/mol. The van der Waals surface area contributed by atoms with Gasteiger partial charge in [0.05, 0.1) is 0 Å². The lowest BCUT2D eigenvalue weighted by Gasteiger charge is -2.06. The number of aromatic amines is 1. The van der Waals surface area contributed by atoms with E-state index in [4.69, 9.17) is 0 Å². The lowest BCUT2D eigenvalue weighted by atomic mass is 10.2. The van der Waals surface area contributed by atoms with Gasteiger partial charge in [-0.3, -0.25) is 0 Å². The SMILES string of the molecule is FC(F)(F)CCCCNCc1c[nH]c2ncccc12. The highest BCUT2D eigenvalue weighted by Crippen LogP contribution is 2.22. The summed E-state index contributed by atoms with van der Waals surface area (Å²) in [6, 6.07) is 3.84. The largest absolute Gasteiger partial charge is 0.389 e. The summed E-state index contributed by atoms with van der Waals surface area (Å²) < 4.78 is 35.8. The van der Waals surface area contributed by atoms with E-state index in [0.717, 1.165) is 16.6 Å². The highest BCUT2D eigenvalue weighted by molar-refractivity contribution is 5.79. The van der Waals surface area contributed by atoms with Crippen molar-refractivity contribution in [3.63, 3.8) is 0 Å². The quantitative estimate of drug-likeness (QED) is 0.791. The number of fused-ring (bicyclic) bond motifs is 1. The van der Waals surface area contributed by atoms with Gasteiger partial charge < -0.3 is 10.3 Å². The van der Waals surface area contributed by atoms with Crippen molar-refractivity contribution in [2.75, 3.05) is 6.54 Å². The Morgan fingerprint density at radius 3 is 2.89 bits per heavy atom. The summed E-state index contributed by atoms with van der Waals surface area (Å²) in [7, 11) is 0. The van der Waals surface area contributed by atoms with Crippen molar-refractivity contribution in [1.82, 2.24) is 15.3 Å². The summed E-state index contributed by atoms with van der Waals surface area (Å²) >= 11 is 0. The second-order valence-electron chi connectivity index (χ2n) is 4.46. The Morgan fingerprint density at radius 2 is 2.11 bits per heavy atom. The van der Waals surface area contributed by atoms with E-state index >= 15 is 0 Å². The maximum atomic E-state index is 11.9. The predicted molar refractivity (Wildman–Crippen MR) is 67.7 cm³/mol. The van der Waals surface area contributed by atoms with Gasteiger partial charge in [0.25, 0.3) is 0 Å². The second kappa shape index (κ2) is 6.06. The first-order chi connectivity index (χ1) is 9.06. The number of unbranched alkanes of at least 4 members (excludes halogenated alkanes) is 1. The van der Waals surface area contributed by atoms with Gasteiger partial charge in [-0.25, -0.2) is 4.98 Å². The maximum Gasteiger partial charge on any atom is 0.389 e. The summed E-state index contributed by atoms with van der Waals surface area (Å²) in [5.41, 5.74) is 1.91. The van der Waals surface area contributed by atoms with Gasteiger partial charge in [-0.1, -0.05) is 0 Å². The van der Waals surface area contributed by atoms with E-state index in [9.17, 15) is 13.2 Å². The molecule has 0 amide bonds. The zero-order valence-corrected chi connectivity index (χ0v) is 10.4. The molecule has 2 heterocycles. The second-order valence-corrected chi connectivity index (χ2v) is 4.46. The first-order valence-corrected chi connectivity index (χ1v) is 6.25. The summed E-state index contributed by atoms with van der Waals surface area (Å²) in [6.07, 6.45) is -0.451. The molecule has 104 valence electrons. The average molecular weight is 271 g/mol. The van der Waals surface area contributed by atoms with E-state index in [-0.39, 0.29) is 6.42 Å². The van der Waals surface area contributed by atoms with Gasteiger partial charge >= 0.3 is 6.18 Å². The van der Waals surface area contributed by atoms with Crippen LogP contribution in [0.15, 0.2) is 24.5 Å². The highest BCUT2D eigenvalue weighted by atomic mass is 19.4.